The van der Waals surface area contributed by atoms with Crippen LogP contribution >= 0.6 is 0 Å². The van der Waals surface area contributed by atoms with Crippen molar-refractivity contribution in [2.45, 2.75) is 46.0 Å². The summed E-state index contributed by atoms with van der Waals surface area (Å²) in [5.41, 5.74) is 3.92. The Labute approximate surface area is 189 Å². The first-order valence-corrected chi connectivity index (χ1v) is 10.9. The van der Waals surface area contributed by atoms with Crippen LogP contribution in [0.25, 0.3) is 5.57 Å². The molecule has 0 fully saturated rings. The summed E-state index contributed by atoms with van der Waals surface area (Å²) in [6.07, 6.45) is 11.1. The molecule has 0 unspecified atom stereocenters. The van der Waals surface area contributed by atoms with E-state index < -0.39 is 5.97 Å². The van der Waals surface area contributed by atoms with Crippen molar-refractivity contribution < 1.29 is 9.90 Å². The Morgan fingerprint density at radius 2 is 2.03 bits per heavy atom. The highest BCUT2D eigenvalue weighted by molar-refractivity contribution is 5.95. The van der Waals surface area contributed by atoms with Crippen molar-refractivity contribution in [2.75, 3.05) is 11.9 Å². The molecule has 7 heteroatoms. The maximum atomic E-state index is 10.7. The number of aromatic nitrogens is 1. The third-order valence-electron chi connectivity index (χ3n) is 4.69. The summed E-state index contributed by atoms with van der Waals surface area (Å²) in [5, 5.41) is 24.1. The van der Waals surface area contributed by atoms with Crippen LogP contribution in [0.3, 0.4) is 0 Å². The van der Waals surface area contributed by atoms with Crippen molar-refractivity contribution in [2.24, 2.45) is 10.9 Å². The van der Waals surface area contributed by atoms with E-state index in [4.69, 9.17) is 10.4 Å². The SMILES string of the molecule is CC(C)CNC(=NC#N)Nc1cccc(C(=CCCCCCC(=O)O)c2cccnc2)c1. The van der Waals surface area contributed by atoms with E-state index in [9.17, 15) is 4.79 Å². The van der Waals surface area contributed by atoms with Crippen LogP contribution in [0.5, 0.6) is 0 Å². The van der Waals surface area contributed by atoms with E-state index >= 15 is 0 Å². The standard InChI is InChI=1S/C25H31N5O2/c1-19(2)16-28-25(29-18-26)30-22-11-7-9-20(15-22)23(21-10-8-14-27-17-21)12-5-3-4-6-13-24(31)32/h7-12,14-15,17,19H,3-6,13,16H2,1-2H3,(H,31,32)(H2,28,29,30). The van der Waals surface area contributed by atoms with Gasteiger partial charge in [-0.2, -0.15) is 5.26 Å². The minimum absolute atomic E-state index is 0.213. The van der Waals surface area contributed by atoms with Gasteiger partial charge >= 0.3 is 5.97 Å². The third kappa shape index (κ3) is 9.00. The number of rotatable bonds is 11. The highest BCUT2D eigenvalue weighted by atomic mass is 16.4. The molecule has 0 amide bonds. The van der Waals surface area contributed by atoms with Crippen molar-refractivity contribution in [3.63, 3.8) is 0 Å². The van der Waals surface area contributed by atoms with Crippen molar-refractivity contribution >= 4 is 23.2 Å². The Morgan fingerprint density at radius 3 is 2.72 bits per heavy atom. The molecule has 0 atom stereocenters. The molecule has 0 aliphatic heterocycles. The molecule has 7 nitrogen and oxygen atoms in total. The molecule has 1 aromatic carbocycles. The van der Waals surface area contributed by atoms with Crippen LogP contribution in [0, 0.1) is 17.4 Å². The lowest BCUT2D eigenvalue weighted by atomic mass is 9.97. The molecule has 0 aliphatic carbocycles. The van der Waals surface area contributed by atoms with Gasteiger partial charge in [0.25, 0.3) is 0 Å². The number of aliphatic imine (C=N–C) groups is 1. The second kappa shape index (κ2) is 13.6. The van der Waals surface area contributed by atoms with Gasteiger partial charge in [-0.25, -0.2) is 0 Å². The number of hydrogen-bond acceptors (Lipinski definition) is 4. The molecule has 0 saturated carbocycles. The number of carboxylic acid groups (broad SMARTS) is 1. The number of unbranched alkanes of at least 4 members (excludes halogenated alkanes) is 3. The molecule has 2 aromatic rings. The number of nitriles is 1. The van der Waals surface area contributed by atoms with Crippen molar-refractivity contribution in [3.8, 4) is 6.19 Å². The van der Waals surface area contributed by atoms with E-state index in [0.717, 1.165) is 41.6 Å². The predicted molar refractivity (Wildman–Crippen MR) is 128 cm³/mol. The summed E-state index contributed by atoms with van der Waals surface area (Å²) in [6, 6.07) is 11.9. The maximum Gasteiger partial charge on any atom is 0.303 e. The lowest BCUT2D eigenvalue weighted by Gasteiger charge is -2.14. The van der Waals surface area contributed by atoms with E-state index in [-0.39, 0.29) is 6.42 Å². The zero-order valence-corrected chi connectivity index (χ0v) is 18.7. The molecular formula is C25H31N5O2. The second-order valence-electron chi connectivity index (χ2n) is 7.89. The highest BCUT2D eigenvalue weighted by Crippen LogP contribution is 2.26. The van der Waals surface area contributed by atoms with Gasteiger partial charge in [-0.3, -0.25) is 9.78 Å². The third-order valence-corrected chi connectivity index (χ3v) is 4.69. The number of carbonyl (C=O) groups is 1. The molecule has 0 spiro atoms. The molecule has 0 radical (unpaired) electrons. The molecule has 1 heterocycles. The van der Waals surface area contributed by atoms with Crippen LogP contribution in [-0.4, -0.2) is 28.6 Å². The molecule has 0 saturated heterocycles. The summed E-state index contributed by atoms with van der Waals surface area (Å²) < 4.78 is 0. The number of aliphatic carboxylic acids is 1. The lowest BCUT2D eigenvalue weighted by molar-refractivity contribution is -0.137. The van der Waals surface area contributed by atoms with Crippen molar-refractivity contribution in [3.05, 3.63) is 66.0 Å². The van der Waals surface area contributed by atoms with Crippen LogP contribution in [0.15, 0.2) is 59.9 Å². The zero-order valence-electron chi connectivity index (χ0n) is 18.7. The molecule has 32 heavy (non-hydrogen) atoms. The first kappa shape index (κ1) is 24.6. The maximum absolute atomic E-state index is 10.7. The Hall–Kier alpha value is -3.66. The fourth-order valence-electron chi connectivity index (χ4n) is 3.13. The largest absolute Gasteiger partial charge is 0.481 e. The number of hydrogen-bond donors (Lipinski definition) is 3. The summed E-state index contributed by atoms with van der Waals surface area (Å²) in [5.74, 6) is 0.0921. The number of nitrogens with zero attached hydrogens (tertiary/aromatic N) is 3. The fraction of sp³-hybridized carbons (Fsp3) is 0.360. The van der Waals surface area contributed by atoms with E-state index in [1.807, 2.05) is 48.8 Å². The van der Waals surface area contributed by atoms with Crippen LogP contribution in [-0.2, 0) is 4.79 Å². The van der Waals surface area contributed by atoms with E-state index in [1.54, 1.807) is 6.20 Å². The number of nitrogens with one attached hydrogen (secondary N) is 2. The Kier molecular flexibility index (Phi) is 10.5. The van der Waals surface area contributed by atoms with E-state index in [1.165, 1.54) is 0 Å². The average Bonchev–Trinajstić information content (AvgIpc) is 2.77. The summed E-state index contributed by atoms with van der Waals surface area (Å²) >= 11 is 0. The quantitative estimate of drug-likeness (QED) is 0.198. The van der Waals surface area contributed by atoms with Crippen LogP contribution in [0.4, 0.5) is 5.69 Å². The van der Waals surface area contributed by atoms with Crippen LogP contribution in [0.2, 0.25) is 0 Å². The fourth-order valence-corrected chi connectivity index (χ4v) is 3.13. The molecular weight excluding hydrogens is 402 g/mol. The predicted octanol–water partition coefficient (Wildman–Crippen LogP) is 5.04. The van der Waals surface area contributed by atoms with Gasteiger partial charge in [-0.05, 0) is 54.5 Å². The number of benzene rings is 1. The van der Waals surface area contributed by atoms with Crippen molar-refractivity contribution in [1.82, 2.24) is 10.3 Å². The molecule has 0 aliphatic rings. The topological polar surface area (TPSA) is 110 Å². The smallest absolute Gasteiger partial charge is 0.303 e. The van der Waals surface area contributed by atoms with Gasteiger partial charge in [0.15, 0.2) is 0 Å². The van der Waals surface area contributed by atoms with E-state index in [2.05, 4.69) is 40.5 Å². The van der Waals surface area contributed by atoms with Crippen LogP contribution in [0.1, 0.15) is 57.1 Å². The monoisotopic (exact) mass is 433 g/mol. The number of guanidine groups is 1. The highest BCUT2D eigenvalue weighted by Gasteiger charge is 2.08. The molecule has 1 aromatic heterocycles. The summed E-state index contributed by atoms with van der Waals surface area (Å²) in [7, 11) is 0. The Bertz CT molecular complexity index is 962. The second-order valence-corrected chi connectivity index (χ2v) is 7.89. The van der Waals surface area contributed by atoms with Gasteiger partial charge in [0.05, 0.1) is 0 Å². The Balaban J connectivity index is 2.19. The number of pyridine rings is 1. The molecule has 168 valence electrons. The molecule has 3 N–H and O–H groups in total. The van der Waals surface area contributed by atoms with Gasteiger partial charge in [0.1, 0.15) is 0 Å². The minimum atomic E-state index is -0.747. The van der Waals surface area contributed by atoms with Gasteiger partial charge < -0.3 is 15.7 Å². The normalized spacial score (nSPS) is 11.8. The summed E-state index contributed by atoms with van der Waals surface area (Å²) in [4.78, 5) is 18.8. The first-order valence-electron chi connectivity index (χ1n) is 10.9. The Morgan fingerprint density at radius 1 is 1.22 bits per heavy atom. The minimum Gasteiger partial charge on any atom is -0.481 e. The van der Waals surface area contributed by atoms with E-state index in [0.29, 0.717) is 24.8 Å². The summed E-state index contributed by atoms with van der Waals surface area (Å²) in [6.45, 7) is 4.88. The lowest BCUT2D eigenvalue weighted by Crippen LogP contribution is -2.33. The zero-order chi connectivity index (χ0) is 23.2. The number of carboxylic acids is 1. The van der Waals surface area contributed by atoms with Gasteiger partial charge in [0, 0.05) is 36.6 Å². The first-order chi connectivity index (χ1) is 15.5. The van der Waals surface area contributed by atoms with Gasteiger partial charge in [-0.15, -0.1) is 4.99 Å². The average molecular weight is 434 g/mol. The number of anilines is 1. The number of allylic oxidation sites excluding steroid dienone is 1. The van der Waals surface area contributed by atoms with Gasteiger partial charge in [0.2, 0.25) is 12.2 Å². The van der Waals surface area contributed by atoms with Crippen molar-refractivity contribution in [1.29, 1.82) is 5.26 Å². The van der Waals surface area contributed by atoms with Crippen LogP contribution < -0.4 is 10.6 Å². The molecule has 2 rings (SSSR count). The van der Waals surface area contributed by atoms with Gasteiger partial charge in [-0.1, -0.05) is 44.5 Å². The molecule has 0 bridgehead atoms.